The maximum atomic E-state index is 11.1. The number of aromatic nitrogens is 1. The van der Waals surface area contributed by atoms with Crippen molar-refractivity contribution in [3.63, 3.8) is 0 Å². The van der Waals surface area contributed by atoms with Crippen LogP contribution in [-0.2, 0) is 0 Å². The van der Waals surface area contributed by atoms with E-state index in [2.05, 4.69) is 4.98 Å². The monoisotopic (exact) mass is 273 g/mol. The minimum atomic E-state index is -0.458. The van der Waals surface area contributed by atoms with Crippen LogP contribution in [0.5, 0.6) is 5.75 Å². The van der Waals surface area contributed by atoms with Crippen molar-refractivity contribution in [2.75, 3.05) is 12.8 Å². The van der Waals surface area contributed by atoms with Crippen molar-refractivity contribution in [2.24, 2.45) is 0 Å². The summed E-state index contributed by atoms with van der Waals surface area (Å²) in [5.41, 5.74) is 8.27. The second-order valence-electron chi connectivity index (χ2n) is 4.50. The van der Waals surface area contributed by atoms with Gasteiger partial charge in [-0.3, -0.25) is 10.1 Å². The van der Waals surface area contributed by atoms with Crippen LogP contribution >= 0.6 is 0 Å². The lowest BCUT2D eigenvalue weighted by Crippen LogP contribution is -2.00. The number of hydrogen-bond donors (Lipinski definition) is 1. The predicted molar refractivity (Wildman–Crippen MR) is 76.8 cm³/mol. The number of ether oxygens (including phenoxy) is 1. The Kier molecular flexibility index (Phi) is 3.56. The third-order valence-corrected chi connectivity index (χ3v) is 3.09. The van der Waals surface area contributed by atoms with Gasteiger partial charge in [0.25, 0.3) is 5.69 Å². The number of benzene rings is 1. The minimum absolute atomic E-state index is 0.0631. The molecule has 6 heteroatoms. The van der Waals surface area contributed by atoms with Crippen LogP contribution in [-0.4, -0.2) is 17.0 Å². The fourth-order valence-electron chi connectivity index (χ4n) is 2.08. The van der Waals surface area contributed by atoms with Gasteiger partial charge in [0.05, 0.1) is 12.0 Å². The van der Waals surface area contributed by atoms with E-state index in [1.807, 2.05) is 26.0 Å². The third kappa shape index (κ3) is 2.40. The number of nitrogens with two attached hydrogens (primary N) is 1. The number of pyridine rings is 1. The summed E-state index contributed by atoms with van der Waals surface area (Å²) in [6.45, 7) is 3.73. The Hall–Kier alpha value is -2.63. The van der Waals surface area contributed by atoms with Crippen LogP contribution < -0.4 is 10.5 Å². The lowest BCUT2D eigenvalue weighted by molar-refractivity contribution is -0.384. The molecule has 0 unspecified atom stereocenters. The number of anilines is 1. The van der Waals surface area contributed by atoms with Crippen molar-refractivity contribution in [1.29, 1.82) is 0 Å². The summed E-state index contributed by atoms with van der Waals surface area (Å²) in [4.78, 5) is 14.8. The molecule has 0 saturated carbocycles. The average Bonchev–Trinajstić information content (AvgIpc) is 2.40. The zero-order valence-corrected chi connectivity index (χ0v) is 11.5. The molecule has 1 aromatic heterocycles. The summed E-state index contributed by atoms with van der Waals surface area (Å²) in [7, 11) is 1.59. The van der Waals surface area contributed by atoms with Crippen molar-refractivity contribution in [3.05, 3.63) is 45.5 Å². The number of nitro groups is 1. The van der Waals surface area contributed by atoms with E-state index in [4.69, 9.17) is 10.5 Å². The van der Waals surface area contributed by atoms with Crippen LogP contribution in [0.4, 0.5) is 11.5 Å². The highest BCUT2D eigenvalue weighted by molar-refractivity contribution is 5.75. The number of rotatable bonds is 3. The molecule has 0 aliphatic heterocycles. The Morgan fingerprint density at radius 1 is 1.25 bits per heavy atom. The van der Waals surface area contributed by atoms with Crippen molar-refractivity contribution < 1.29 is 9.66 Å². The average molecular weight is 273 g/mol. The van der Waals surface area contributed by atoms with Crippen LogP contribution in [0.1, 0.15) is 11.1 Å². The first kappa shape index (κ1) is 13.8. The molecule has 0 aliphatic carbocycles. The molecule has 0 aliphatic rings. The molecule has 0 amide bonds. The lowest BCUT2D eigenvalue weighted by Gasteiger charge is -2.11. The second-order valence-corrected chi connectivity index (χ2v) is 4.50. The summed E-state index contributed by atoms with van der Waals surface area (Å²) >= 11 is 0. The topological polar surface area (TPSA) is 91.3 Å². The summed E-state index contributed by atoms with van der Waals surface area (Å²) in [5.74, 6) is 0.983. The number of nitrogens with zero attached hydrogens (tertiary/aromatic N) is 2. The molecule has 0 saturated heterocycles. The highest BCUT2D eigenvalue weighted by atomic mass is 16.6. The van der Waals surface area contributed by atoms with E-state index in [0.29, 0.717) is 5.56 Å². The summed E-state index contributed by atoms with van der Waals surface area (Å²) in [5, 5.41) is 11.1. The van der Waals surface area contributed by atoms with E-state index >= 15 is 0 Å². The largest absolute Gasteiger partial charge is 0.496 e. The van der Waals surface area contributed by atoms with Gasteiger partial charge >= 0.3 is 0 Å². The standard InChI is InChI=1S/C14H15N3O3/c1-8-7-12(20-3)9(2)6-10(8)14-11(17(18)19)4-5-13(15)16-14/h4-7H,1-3H3,(H2,15,16). The molecule has 6 nitrogen and oxygen atoms in total. The van der Waals surface area contributed by atoms with Crippen LogP contribution in [0.2, 0.25) is 0 Å². The first-order chi connectivity index (χ1) is 9.43. The van der Waals surface area contributed by atoms with Gasteiger partial charge in [0.15, 0.2) is 5.69 Å². The molecule has 2 rings (SSSR count). The summed E-state index contributed by atoms with van der Waals surface area (Å²) in [6.07, 6.45) is 0. The molecule has 2 N–H and O–H groups in total. The second kappa shape index (κ2) is 5.16. The molecule has 0 radical (unpaired) electrons. The molecular weight excluding hydrogens is 258 g/mol. The van der Waals surface area contributed by atoms with E-state index in [9.17, 15) is 10.1 Å². The van der Waals surface area contributed by atoms with E-state index in [1.165, 1.54) is 12.1 Å². The van der Waals surface area contributed by atoms with Crippen molar-refractivity contribution in [3.8, 4) is 17.0 Å². The van der Waals surface area contributed by atoms with Gasteiger partial charge in [-0.2, -0.15) is 0 Å². The Bertz CT molecular complexity index is 684. The zero-order valence-electron chi connectivity index (χ0n) is 11.5. The SMILES string of the molecule is COc1cc(C)c(-c2nc(N)ccc2[N+](=O)[O-])cc1C. The van der Waals surface area contributed by atoms with Gasteiger partial charge in [-0.15, -0.1) is 0 Å². The summed E-state index contributed by atoms with van der Waals surface area (Å²) in [6, 6.07) is 6.45. The molecule has 0 spiro atoms. The number of nitrogen functional groups attached to an aromatic ring is 1. The van der Waals surface area contributed by atoms with E-state index < -0.39 is 4.92 Å². The predicted octanol–water partition coefficient (Wildman–Crippen LogP) is 2.86. The van der Waals surface area contributed by atoms with Crippen molar-refractivity contribution in [1.82, 2.24) is 4.98 Å². The van der Waals surface area contributed by atoms with Crippen molar-refractivity contribution in [2.45, 2.75) is 13.8 Å². The molecule has 0 bridgehead atoms. The van der Waals surface area contributed by atoms with Crippen LogP contribution in [0.3, 0.4) is 0 Å². The van der Waals surface area contributed by atoms with E-state index in [-0.39, 0.29) is 17.2 Å². The normalized spacial score (nSPS) is 10.3. The zero-order chi connectivity index (χ0) is 14.9. The third-order valence-electron chi connectivity index (χ3n) is 3.09. The first-order valence-electron chi connectivity index (χ1n) is 6.00. The smallest absolute Gasteiger partial charge is 0.295 e. The van der Waals surface area contributed by atoms with Crippen LogP contribution in [0.25, 0.3) is 11.3 Å². The van der Waals surface area contributed by atoms with Gasteiger partial charge in [-0.1, -0.05) is 0 Å². The van der Waals surface area contributed by atoms with Gasteiger partial charge in [0.2, 0.25) is 0 Å². The number of methoxy groups -OCH3 is 1. The van der Waals surface area contributed by atoms with Gasteiger partial charge < -0.3 is 10.5 Å². The minimum Gasteiger partial charge on any atom is -0.496 e. The van der Waals surface area contributed by atoms with Gasteiger partial charge in [-0.25, -0.2) is 4.98 Å². The van der Waals surface area contributed by atoms with Crippen LogP contribution in [0.15, 0.2) is 24.3 Å². The fraction of sp³-hybridized carbons (Fsp3) is 0.214. The first-order valence-corrected chi connectivity index (χ1v) is 6.00. The van der Waals surface area contributed by atoms with Gasteiger partial charge in [0.1, 0.15) is 11.6 Å². The maximum absolute atomic E-state index is 11.1. The summed E-state index contributed by atoms with van der Waals surface area (Å²) < 4.78 is 5.24. The van der Waals surface area contributed by atoms with E-state index in [0.717, 1.165) is 16.9 Å². The molecule has 0 atom stereocenters. The molecule has 104 valence electrons. The lowest BCUT2D eigenvalue weighted by atomic mass is 10.0. The Labute approximate surface area is 116 Å². The molecule has 1 heterocycles. The van der Waals surface area contributed by atoms with E-state index in [1.54, 1.807) is 7.11 Å². The van der Waals surface area contributed by atoms with Gasteiger partial charge in [0, 0.05) is 11.6 Å². The maximum Gasteiger partial charge on any atom is 0.295 e. The number of hydrogen-bond acceptors (Lipinski definition) is 5. The highest BCUT2D eigenvalue weighted by Crippen LogP contribution is 2.34. The quantitative estimate of drug-likeness (QED) is 0.685. The highest BCUT2D eigenvalue weighted by Gasteiger charge is 2.19. The van der Waals surface area contributed by atoms with Crippen molar-refractivity contribution >= 4 is 11.5 Å². The molecule has 20 heavy (non-hydrogen) atoms. The Balaban J connectivity index is 2.71. The van der Waals surface area contributed by atoms with Crippen LogP contribution in [0, 0.1) is 24.0 Å². The molecule has 2 aromatic rings. The molecular formula is C14H15N3O3. The Morgan fingerprint density at radius 2 is 1.95 bits per heavy atom. The molecule has 1 aromatic carbocycles. The Morgan fingerprint density at radius 3 is 2.55 bits per heavy atom. The van der Waals surface area contributed by atoms with Gasteiger partial charge in [-0.05, 0) is 43.2 Å². The molecule has 0 fully saturated rings. The fourth-order valence-corrected chi connectivity index (χ4v) is 2.08. The number of aryl methyl sites for hydroxylation is 2.